The van der Waals surface area contributed by atoms with Gasteiger partial charge in [-0.15, -0.1) is 5.10 Å². The van der Waals surface area contributed by atoms with E-state index in [4.69, 9.17) is 0 Å². The summed E-state index contributed by atoms with van der Waals surface area (Å²) in [5.74, 6) is 0.925. The SMILES string of the molecule is CSc1nc2n(n1)[C@@H](c1ccc(Br)cc1)C1=C(CCCC1=O)N2. The second kappa shape index (κ2) is 5.79. The Hall–Kier alpha value is -1.60. The number of Topliss-reactive ketones (excluding diaryl/α,β-unsaturated/α-hetero) is 1. The molecule has 0 spiro atoms. The Kier molecular flexibility index (Phi) is 3.77. The van der Waals surface area contributed by atoms with Crippen LogP contribution in [0.3, 0.4) is 0 Å². The summed E-state index contributed by atoms with van der Waals surface area (Å²) in [6.07, 6.45) is 4.33. The van der Waals surface area contributed by atoms with E-state index in [-0.39, 0.29) is 11.8 Å². The summed E-state index contributed by atoms with van der Waals surface area (Å²) in [7, 11) is 0. The quantitative estimate of drug-likeness (QED) is 0.790. The molecule has 0 radical (unpaired) electrons. The zero-order valence-corrected chi connectivity index (χ0v) is 14.9. The number of thioether (sulfide) groups is 1. The second-order valence-electron chi connectivity index (χ2n) is 5.61. The monoisotopic (exact) mass is 390 g/mol. The van der Waals surface area contributed by atoms with Gasteiger partial charge in [-0.05, 0) is 36.8 Å². The molecule has 118 valence electrons. The zero-order chi connectivity index (χ0) is 16.0. The molecule has 0 unspecified atom stereocenters. The molecule has 0 saturated heterocycles. The average Bonchev–Trinajstić information content (AvgIpc) is 2.97. The minimum Gasteiger partial charge on any atom is -0.328 e. The number of ketones is 1. The van der Waals surface area contributed by atoms with Gasteiger partial charge < -0.3 is 5.32 Å². The Bertz CT molecular complexity index is 812. The van der Waals surface area contributed by atoms with Crippen molar-refractivity contribution < 1.29 is 4.79 Å². The summed E-state index contributed by atoms with van der Waals surface area (Å²) in [5.41, 5.74) is 2.89. The van der Waals surface area contributed by atoms with Crippen LogP contribution >= 0.6 is 27.7 Å². The number of anilines is 1. The van der Waals surface area contributed by atoms with Crippen molar-refractivity contribution >= 4 is 39.4 Å². The van der Waals surface area contributed by atoms with Crippen molar-refractivity contribution in [1.29, 1.82) is 0 Å². The van der Waals surface area contributed by atoms with Gasteiger partial charge >= 0.3 is 0 Å². The molecule has 2 aliphatic rings. The number of fused-ring (bicyclic) bond motifs is 1. The minimum absolute atomic E-state index is 0.199. The van der Waals surface area contributed by atoms with Crippen molar-refractivity contribution in [1.82, 2.24) is 14.8 Å². The highest BCUT2D eigenvalue weighted by molar-refractivity contribution is 9.10. The summed E-state index contributed by atoms with van der Waals surface area (Å²) < 4.78 is 2.86. The summed E-state index contributed by atoms with van der Waals surface area (Å²) in [6.45, 7) is 0. The number of nitrogens with one attached hydrogen (secondary N) is 1. The highest BCUT2D eigenvalue weighted by Gasteiger charge is 2.36. The topological polar surface area (TPSA) is 59.8 Å². The molecular weight excluding hydrogens is 376 g/mol. The van der Waals surface area contributed by atoms with Crippen molar-refractivity contribution in [3.05, 3.63) is 45.6 Å². The van der Waals surface area contributed by atoms with Gasteiger partial charge in [-0.25, -0.2) is 4.68 Å². The Morgan fingerprint density at radius 3 is 2.83 bits per heavy atom. The van der Waals surface area contributed by atoms with Gasteiger partial charge in [0.1, 0.15) is 6.04 Å². The maximum atomic E-state index is 12.6. The van der Waals surface area contributed by atoms with E-state index in [9.17, 15) is 4.79 Å². The fourth-order valence-corrected chi connectivity index (χ4v) is 3.79. The number of rotatable bonds is 2. The number of hydrogen-bond donors (Lipinski definition) is 1. The van der Waals surface area contributed by atoms with E-state index in [0.29, 0.717) is 11.6 Å². The number of aromatic nitrogens is 3. The third-order valence-corrected chi connectivity index (χ3v) is 5.28. The van der Waals surface area contributed by atoms with Crippen LogP contribution in [0.15, 0.2) is 45.2 Å². The Morgan fingerprint density at radius 2 is 2.09 bits per heavy atom. The molecular formula is C16H15BrN4OS. The van der Waals surface area contributed by atoms with Crippen molar-refractivity contribution in [2.24, 2.45) is 0 Å². The van der Waals surface area contributed by atoms with Gasteiger partial charge in [0, 0.05) is 22.2 Å². The lowest BCUT2D eigenvalue weighted by atomic mass is 9.85. The van der Waals surface area contributed by atoms with Crippen LogP contribution in [-0.4, -0.2) is 26.8 Å². The molecule has 7 heteroatoms. The largest absolute Gasteiger partial charge is 0.328 e. The van der Waals surface area contributed by atoms with Gasteiger partial charge in [-0.1, -0.05) is 39.8 Å². The molecule has 1 aromatic carbocycles. The molecule has 0 amide bonds. The van der Waals surface area contributed by atoms with Crippen LogP contribution in [0.1, 0.15) is 30.9 Å². The fraction of sp³-hybridized carbons (Fsp3) is 0.312. The average molecular weight is 391 g/mol. The smallest absolute Gasteiger partial charge is 0.227 e. The lowest BCUT2D eigenvalue weighted by Gasteiger charge is -2.32. The third-order valence-electron chi connectivity index (χ3n) is 4.22. The number of carbonyl (C=O) groups is 1. The fourth-order valence-electron chi connectivity index (χ4n) is 3.18. The highest BCUT2D eigenvalue weighted by atomic mass is 79.9. The molecule has 1 aliphatic carbocycles. The summed E-state index contributed by atoms with van der Waals surface area (Å²) in [4.78, 5) is 17.1. The van der Waals surface area contributed by atoms with E-state index >= 15 is 0 Å². The lowest BCUT2D eigenvalue weighted by molar-refractivity contribution is -0.116. The molecule has 1 N–H and O–H groups in total. The first-order chi connectivity index (χ1) is 11.2. The van der Waals surface area contributed by atoms with Crippen molar-refractivity contribution in [3.8, 4) is 0 Å². The maximum Gasteiger partial charge on any atom is 0.227 e. The van der Waals surface area contributed by atoms with Gasteiger partial charge in [-0.2, -0.15) is 4.98 Å². The van der Waals surface area contributed by atoms with Crippen molar-refractivity contribution in [3.63, 3.8) is 0 Å². The molecule has 1 aliphatic heterocycles. The van der Waals surface area contributed by atoms with Crippen LogP contribution < -0.4 is 5.32 Å². The predicted octanol–water partition coefficient (Wildman–Crippen LogP) is 3.78. The lowest BCUT2D eigenvalue weighted by Crippen LogP contribution is -2.31. The van der Waals surface area contributed by atoms with E-state index < -0.39 is 0 Å². The van der Waals surface area contributed by atoms with Gasteiger partial charge in [0.15, 0.2) is 5.78 Å². The van der Waals surface area contributed by atoms with Crippen LogP contribution in [0.2, 0.25) is 0 Å². The van der Waals surface area contributed by atoms with Gasteiger partial charge in [-0.3, -0.25) is 4.79 Å². The molecule has 4 rings (SSSR count). The highest BCUT2D eigenvalue weighted by Crippen LogP contribution is 2.40. The maximum absolute atomic E-state index is 12.6. The molecule has 2 heterocycles. The minimum atomic E-state index is -0.199. The Morgan fingerprint density at radius 1 is 1.30 bits per heavy atom. The molecule has 0 saturated carbocycles. The Labute approximate surface area is 146 Å². The van der Waals surface area contributed by atoms with Gasteiger partial charge in [0.2, 0.25) is 11.1 Å². The first-order valence-electron chi connectivity index (χ1n) is 7.46. The first kappa shape index (κ1) is 15.0. The van der Waals surface area contributed by atoms with E-state index in [0.717, 1.165) is 40.1 Å². The summed E-state index contributed by atoms with van der Waals surface area (Å²) >= 11 is 4.97. The van der Waals surface area contributed by atoms with E-state index in [1.807, 2.05) is 35.2 Å². The van der Waals surface area contributed by atoms with Crippen molar-refractivity contribution in [2.75, 3.05) is 11.6 Å². The standard InChI is InChI=1S/C16H15BrN4OS/c1-23-16-19-15-18-11-3-2-4-12(22)13(11)14(21(15)20-16)9-5-7-10(17)8-6-9/h5-8,14H,2-4H2,1H3,(H,18,19,20)/t14-/m0/s1. The van der Waals surface area contributed by atoms with E-state index in [1.54, 1.807) is 0 Å². The number of halogens is 1. The second-order valence-corrected chi connectivity index (χ2v) is 7.30. The molecule has 1 atom stereocenters. The van der Waals surface area contributed by atoms with E-state index in [2.05, 4.69) is 31.3 Å². The Balaban J connectivity index is 1.90. The molecule has 0 fully saturated rings. The number of allylic oxidation sites excluding steroid dienone is 2. The predicted molar refractivity (Wildman–Crippen MR) is 93.6 cm³/mol. The number of carbonyl (C=O) groups excluding carboxylic acids is 1. The first-order valence-corrected chi connectivity index (χ1v) is 9.48. The van der Waals surface area contributed by atoms with Gasteiger partial charge in [0.25, 0.3) is 0 Å². The number of benzene rings is 1. The third kappa shape index (κ3) is 2.52. The molecule has 5 nitrogen and oxygen atoms in total. The van der Waals surface area contributed by atoms with Crippen LogP contribution in [-0.2, 0) is 4.79 Å². The van der Waals surface area contributed by atoms with Crippen molar-refractivity contribution in [2.45, 2.75) is 30.5 Å². The molecule has 0 bridgehead atoms. The van der Waals surface area contributed by atoms with Crippen LogP contribution in [0.4, 0.5) is 5.95 Å². The summed E-state index contributed by atoms with van der Waals surface area (Å²) in [6, 6.07) is 7.87. The summed E-state index contributed by atoms with van der Waals surface area (Å²) in [5, 5.41) is 8.61. The molecule has 2 aromatic rings. The molecule has 23 heavy (non-hydrogen) atoms. The van der Waals surface area contributed by atoms with Gasteiger partial charge in [0.05, 0.1) is 0 Å². The zero-order valence-electron chi connectivity index (χ0n) is 12.5. The number of hydrogen-bond acceptors (Lipinski definition) is 5. The van der Waals surface area contributed by atoms with Crippen LogP contribution in [0.5, 0.6) is 0 Å². The number of nitrogens with zero attached hydrogens (tertiary/aromatic N) is 3. The van der Waals surface area contributed by atoms with Crippen LogP contribution in [0.25, 0.3) is 0 Å². The molecule has 1 aromatic heterocycles. The van der Waals surface area contributed by atoms with Crippen LogP contribution in [0, 0.1) is 0 Å². The van der Waals surface area contributed by atoms with E-state index in [1.165, 1.54) is 11.8 Å². The normalized spacial score (nSPS) is 20.1.